The lowest BCUT2D eigenvalue weighted by Gasteiger charge is -2.20. The number of anilines is 2. The van der Waals surface area contributed by atoms with Gasteiger partial charge in [0.25, 0.3) is 0 Å². The van der Waals surface area contributed by atoms with E-state index in [9.17, 15) is 14.9 Å². The summed E-state index contributed by atoms with van der Waals surface area (Å²) in [6, 6.07) is 25.0. The molecule has 0 spiro atoms. The van der Waals surface area contributed by atoms with Gasteiger partial charge in [0.05, 0.1) is 17.5 Å². The van der Waals surface area contributed by atoms with Gasteiger partial charge in [-0.1, -0.05) is 36.4 Å². The summed E-state index contributed by atoms with van der Waals surface area (Å²) in [4.78, 5) is 26.3. The number of nitrogens with one attached hydrogen (secondary N) is 1. The van der Waals surface area contributed by atoms with E-state index in [0.29, 0.717) is 33.9 Å². The van der Waals surface area contributed by atoms with Gasteiger partial charge in [-0.3, -0.25) is 9.59 Å². The minimum atomic E-state index is -1.58. The Balaban J connectivity index is 1.61. The monoisotopic (exact) mass is 449 g/mol. The summed E-state index contributed by atoms with van der Waals surface area (Å²) in [5.74, 6) is -2.39. The third-order valence-electron chi connectivity index (χ3n) is 5.54. The van der Waals surface area contributed by atoms with Crippen molar-refractivity contribution in [2.24, 2.45) is 5.92 Å². The number of amides is 1. The molecule has 0 radical (unpaired) electrons. The Kier molecular flexibility index (Phi) is 5.28. The topological polar surface area (TPSA) is 123 Å². The van der Waals surface area contributed by atoms with Gasteiger partial charge in [0.1, 0.15) is 18.1 Å². The van der Waals surface area contributed by atoms with Crippen LogP contribution in [0.1, 0.15) is 16.1 Å². The Bertz CT molecular complexity index is 1440. The molecule has 2 heterocycles. The molecule has 1 unspecified atom stereocenters. The first-order chi connectivity index (χ1) is 16.6. The van der Waals surface area contributed by atoms with Gasteiger partial charge in [-0.2, -0.15) is 10.4 Å². The van der Waals surface area contributed by atoms with Crippen molar-refractivity contribution in [3.8, 4) is 28.8 Å². The summed E-state index contributed by atoms with van der Waals surface area (Å²) in [6.07, 6.45) is 0. The summed E-state index contributed by atoms with van der Waals surface area (Å²) in [5.41, 5.74) is 9.60. The fourth-order valence-corrected chi connectivity index (χ4v) is 3.94. The lowest BCUT2D eigenvalue weighted by atomic mass is 9.95. The van der Waals surface area contributed by atoms with Crippen LogP contribution in [-0.2, 0) is 11.4 Å². The van der Waals surface area contributed by atoms with Crippen LogP contribution < -0.4 is 15.8 Å². The standard InChI is InChI=1S/C26H19N5O3/c27-14-20(26(33)29-17-7-3-1-4-8-17)25(32)23-21-15-34-22-12-11-16(28)13-19(22)24(21)31(30-23)18-9-5-2-6-10-18/h1-13,20H,15,28H2,(H,29,33). The van der Waals surface area contributed by atoms with Crippen molar-refractivity contribution in [2.45, 2.75) is 6.61 Å². The number of aromatic nitrogens is 2. The highest BCUT2D eigenvalue weighted by atomic mass is 16.5. The molecule has 0 bridgehead atoms. The quantitative estimate of drug-likeness (QED) is 0.270. The van der Waals surface area contributed by atoms with Gasteiger partial charge in [-0.25, -0.2) is 4.68 Å². The fourth-order valence-electron chi connectivity index (χ4n) is 3.94. The van der Waals surface area contributed by atoms with Gasteiger partial charge >= 0.3 is 0 Å². The Hall–Kier alpha value is -4.90. The minimum Gasteiger partial charge on any atom is -0.488 e. The summed E-state index contributed by atoms with van der Waals surface area (Å²) in [7, 11) is 0. The molecule has 166 valence electrons. The number of carbonyl (C=O) groups is 2. The highest BCUT2D eigenvalue weighted by Crippen LogP contribution is 2.41. The molecule has 1 aliphatic rings. The third-order valence-corrected chi connectivity index (χ3v) is 5.54. The molecule has 1 atom stereocenters. The van der Waals surface area contributed by atoms with Crippen LogP contribution in [0, 0.1) is 17.2 Å². The van der Waals surface area contributed by atoms with Crippen LogP contribution in [0.3, 0.4) is 0 Å². The predicted octanol–water partition coefficient (Wildman–Crippen LogP) is 3.98. The van der Waals surface area contributed by atoms with Crippen molar-refractivity contribution < 1.29 is 14.3 Å². The van der Waals surface area contributed by atoms with Crippen molar-refractivity contribution in [1.82, 2.24) is 9.78 Å². The maximum absolute atomic E-state index is 13.5. The number of rotatable bonds is 5. The molecule has 0 fully saturated rings. The molecule has 34 heavy (non-hydrogen) atoms. The fraction of sp³-hybridized carbons (Fsp3) is 0.0769. The number of hydrogen-bond acceptors (Lipinski definition) is 6. The van der Waals surface area contributed by atoms with Gasteiger partial charge < -0.3 is 15.8 Å². The minimum absolute atomic E-state index is 0.0155. The van der Waals surface area contributed by atoms with Crippen LogP contribution in [-0.4, -0.2) is 21.5 Å². The van der Waals surface area contributed by atoms with Crippen LogP contribution in [0.15, 0.2) is 78.9 Å². The van der Waals surface area contributed by atoms with Gasteiger partial charge in [0.15, 0.2) is 5.92 Å². The van der Waals surface area contributed by atoms with Crippen LogP contribution in [0.5, 0.6) is 5.75 Å². The van der Waals surface area contributed by atoms with E-state index in [1.54, 1.807) is 53.2 Å². The molecule has 1 aromatic heterocycles. The second kappa shape index (κ2) is 8.56. The first-order valence-electron chi connectivity index (χ1n) is 10.6. The zero-order chi connectivity index (χ0) is 23.7. The molecular formula is C26H19N5O3. The largest absolute Gasteiger partial charge is 0.488 e. The second-order valence-electron chi connectivity index (χ2n) is 7.75. The third kappa shape index (κ3) is 3.65. The molecule has 3 aromatic carbocycles. The van der Waals surface area contributed by atoms with Gasteiger partial charge in [-0.05, 0) is 42.5 Å². The molecule has 8 nitrogen and oxygen atoms in total. The van der Waals surface area contributed by atoms with E-state index in [1.807, 2.05) is 36.4 Å². The average Bonchev–Trinajstić information content (AvgIpc) is 3.26. The maximum atomic E-state index is 13.5. The molecule has 1 aliphatic heterocycles. The average molecular weight is 449 g/mol. The van der Waals surface area contributed by atoms with Crippen LogP contribution in [0.4, 0.5) is 11.4 Å². The molecular weight excluding hydrogens is 430 g/mol. The number of carbonyl (C=O) groups excluding carboxylic acids is 2. The Morgan fingerprint density at radius 1 is 1.06 bits per heavy atom. The SMILES string of the molecule is N#CC(C(=O)Nc1ccccc1)C(=O)c1nn(-c2ccccc2)c2c1COc1ccc(N)cc1-2. The van der Waals surface area contributed by atoms with Crippen molar-refractivity contribution in [1.29, 1.82) is 5.26 Å². The summed E-state index contributed by atoms with van der Waals surface area (Å²) in [5, 5.41) is 16.9. The lowest BCUT2D eigenvalue weighted by Crippen LogP contribution is -2.29. The number of nitrogen functional groups attached to an aromatic ring is 1. The van der Waals surface area contributed by atoms with Crippen LogP contribution in [0.25, 0.3) is 16.9 Å². The number of nitrogens with zero attached hydrogens (tertiary/aromatic N) is 3. The van der Waals surface area contributed by atoms with Gasteiger partial charge in [0, 0.05) is 22.5 Å². The summed E-state index contributed by atoms with van der Waals surface area (Å²) < 4.78 is 7.50. The van der Waals surface area contributed by atoms with Crippen LogP contribution >= 0.6 is 0 Å². The number of Topliss-reactive ketones (excluding diaryl/α,β-unsaturated/α-hetero) is 1. The molecule has 1 amide bonds. The van der Waals surface area contributed by atoms with E-state index in [0.717, 1.165) is 5.69 Å². The van der Waals surface area contributed by atoms with Crippen molar-refractivity contribution in [2.75, 3.05) is 11.1 Å². The van der Waals surface area contributed by atoms with Crippen molar-refractivity contribution in [3.63, 3.8) is 0 Å². The zero-order valence-corrected chi connectivity index (χ0v) is 17.9. The molecule has 4 aromatic rings. The first-order valence-corrected chi connectivity index (χ1v) is 10.6. The number of ether oxygens (including phenoxy) is 1. The summed E-state index contributed by atoms with van der Waals surface area (Å²) in [6.45, 7) is 0.0681. The van der Waals surface area contributed by atoms with E-state index in [-0.39, 0.29) is 12.3 Å². The predicted molar refractivity (Wildman–Crippen MR) is 126 cm³/mol. The Morgan fingerprint density at radius 2 is 1.76 bits per heavy atom. The first kappa shape index (κ1) is 21.0. The zero-order valence-electron chi connectivity index (χ0n) is 17.9. The maximum Gasteiger partial charge on any atom is 0.249 e. The second-order valence-corrected chi connectivity index (χ2v) is 7.75. The number of ketones is 1. The molecule has 0 saturated heterocycles. The number of nitrogens with two attached hydrogens (primary N) is 1. The van der Waals surface area contributed by atoms with E-state index in [2.05, 4.69) is 10.4 Å². The Labute approximate surface area is 195 Å². The van der Waals surface area contributed by atoms with Crippen molar-refractivity contribution >= 4 is 23.1 Å². The number of para-hydroxylation sites is 2. The lowest BCUT2D eigenvalue weighted by molar-refractivity contribution is -0.117. The molecule has 5 rings (SSSR count). The molecule has 0 aliphatic carbocycles. The molecule has 3 N–H and O–H groups in total. The van der Waals surface area contributed by atoms with Crippen LogP contribution in [0.2, 0.25) is 0 Å². The Morgan fingerprint density at radius 3 is 2.47 bits per heavy atom. The van der Waals surface area contributed by atoms with E-state index >= 15 is 0 Å². The highest BCUT2D eigenvalue weighted by Gasteiger charge is 2.36. The van der Waals surface area contributed by atoms with Gasteiger partial charge in [0.2, 0.25) is 11.7 Å². The molecule has 0 saturated carbocycles. The highest BCUT2D eigenvalue weighted by molar-refractivity contribution is 6.15. The van der Waals surface area contributed by atoms with E-state index in [1.165, 1.54) is 0 Å². The van der Waals surface area contributed by atoms with Crippen molar-refractivity contribution in [3.05, 3.63) is 90.1 Å². The molecule has 8 heteroatoms. The smallest absolute Gasteiger partial charge is 0.249 e. The van der Waals surface area contributed by atoms with Gasteiger partial charge in [-0.15, -0.1) is 0 Å². The summed E-state index contributed by atoms with van der Waals surface area (Å²) >= 11 is 0. The van der Waals surface area contributed by atoms with E-state index in [4.69, 9.17) is 10.5 Å². The number of fused-ring (bicyclic) bond motifs is 3. The number of hydrogen-bond donors (Lipinski definition) is 2. The normalized spacial score (nSPS) is 12.4. The van der Waals surface area contributed by atoms with E-state index < -0.39 is 17.6 Å². The number of benzene rings is 3. The number of nitriles is 1.